The molecule has 0 spiro atoms. The number of hydrogen-bond acceptors (Lipinski definition) is 1. The average molecular weight is 488 g/mol. The van der Waals surface area contributed by atoms with E-state index in [2.05, 4.69) is 154 Å². The van der Waals surface area contributed by atoms with E-state index in [0.717, 1.165) is 10.2 Å². The van der Waals surface area contributed by atoms with Gasteiger partial charge in [-0.25, -0.2) is 0 Å². The summed E-state index contributed by atoms with van der Waals surface area (Å²) in [5.74, 6) is 0. The van der Waals surface area contributed by atoms with E-state index in [4.69, 9.17) is 0 Å². The Bertz CT molecular complexity index is 1370. The van der Waals surface area contributed by atoms with Crippen LogP contribution in [-0.2, 0) is 5.41 Å². The molecule has 0 saturated carbocycles. The molecule has 33 heavy (non-hydrogen) atoms. The normalized spacial score (nSPS) is 13.8. The Balaban J connectivity index is 1.79. The van der Waals surface area contributed by atoms with Crippen molar-refractivity contribution in [2.24, 2.45) is 0 Å². The highest BCUT2D eigenvalue weighted by atomic mass is 79.9. The summed E-state index contributed by atoms with van der Waals surface area (Å²) >= 11 is 3.75. The molecule has 5 aromatic carbocycles. The van der Waals surface area contributed by atoms with Crippen LogP contribution in [0, 0.1) is 0 Å². The van der Waals surface area contributed by atoms with Gasteiger partial charge in [0, 0.05) is 10.2 Å². The summed E-state index contributed by atoms with van der Waals surface area (Å²) in [4.78, 5) is 2.39. The first-order chi connectivity index (χ1) is 16.3. The third-order valence-electron chi connectivity index (χ3n) is 6.58. The van der Waals surface area contributed by atoms with Gasteiger partial charge in [-0.15, -0.1) is 0 Å². The zero-order valence-corrected chi connectivity index (χ0v) is 19.6. The summed E-state index contributed by atoms with van der Waals surface area (Å²) in [6.45, 7) is 0. The fourth-order valence-electron chi connectivity index (χ4n) is 5.29. The predicted molar refractivity (Wildman–Crippen MR) is 141 cm³/mol. The van der Waals surface area contributed by atoms with Crippen LogP contribution in [0.5, 0.6) is 0 Å². The number of benzene rings is 5. The lowest BCUT2D eigenvalue weighted by Gasteiger charge is -2.46. The van der Waals surface area contributed by atoms with Crippen molar-refractivity contribution in [1.29, 1.82) is 0 Å². The van der Waals surface area contributed by atoms with Crippen LogP contribution in [0.15, 0.2) is 138 Å². The Morgan fingerprint density at radius 2 is 1.00 bits per heavy atom. The molecule has 0 saturated heterocycles. The Morgan fingerprint density at radius 1 is 0.485 bits per heavy atom. The first kappa shape index (κ1) is 20.0. The molecular formula is C31H22BrN. The Labute approximate surface area is 203 Å². The van der Waals surface area contributed by atoms with Crippen molar-refractivity contribution in [3.05, 3.63) is 160 Å². The van der Waals surface area contributed by atoms with Crippen LogP contribution in [0.2, 0.25) is 0 Å². The van der Waals surface area contributed by atoms with E-state index in [1.807, 2.05) is 0 Å². The number of rotatable bonds is 3. The fourth-order valence-corrected chi connectivity index (χ4v) is 5.64. The molecular weight excluding hydrogens is 466 g/mol. The summed E-state index contributed by atoms with van der Waals surface area (Å²) in [6, 6.07) is 47.9. The van der Waals surface area contributed by atoms with Gasteiger partial charge in [0.1, 0.15) is 0 Å². The lowest BCUT2D eigenvalue weighted by Crippen LogP contribution is -2.37. The van der Waals surface area contributed by atoms with Crippen molar-refractivity contribution in [1.82, 2.24) is 0 Å². The second kappa shape index (κ2) is 8.06. The first-order valence-electron chi connectivity index (χ1n) is 11.2. The quantitative estimate of drug-likeness (QED) is 0.241. The Kier molecular flexibility index (Phi) is 4.89. The maximum atomic E-state index is 3.75. The lowest BCUT2D eigenvalue weighted by molar-refractivity contribution is 0.731. The lowest BCUT2D eigenvalue weighted by atomic mass is 9.62. The molecule has 6 rings (SSSR count). The van der Waals surface area contributed by atoms with Gasteiger partial charge in [0.05, 0.1) is 16.8 Å². The van der Waals surface area contributed by atoms with Crippen molar-refractivity contribution in [3.63, 3.8) is 0 Å². The van der Waals surface area contributed by atoms with Crippen molar-refractivity contribution >= 4 is 33.0 Å². The van der Waals surface area contributed by atoms with E-state index in [0.29, 0.717) is 0 Å². The minimum atomic E-state index is -0.430. The maximum Gasteiger partial charge on any atom is 0.0742 e. The van der Waals surface area contributed by atoms with Crippen molar-refractivity contribution in [2.75, 3.05) is 4.90 Å². The van der Waals surface area contributed by atoms with Crippen LogP contribution in [0.1, 0.15) is 22.3 Å². The number of fused-ring (bicyclic) bond motifs is 2. The Hall–Kier alpha value is -3.62. The number of anilines is 3. The van der Waals surface area contributed by atoms with Crippen LogP contribution in [0.3, 0.4) is 0 Å². The number of hydrogen-bond donors (Lipinski definition) is 0. The second-order valence-electron chi connectivity index (χ2n) is 8.33. The van der Waals surface area contributed by atoms with Gasteiger partial charge in [-0.05, 0) is 52.6 Å². The van der Waals surface area contributed by atoms with Gasteiger partial charge in [-0.2, -0.15) is 0 Å². The molecule has 1 aliphatic heterocycles. The van der Waals surface area contributed by atoms with Gasteiger partial charge >= 0.3 is 0 Å². The summed E-state index contributed by atoms with van der Waals surface area (Å²) < 4.78 is 1.07. The molecule has 158 valence electrons. The SMILES string of the molecule is Brc1ccc2c(c1)N(c1ccccc1)c1ccccc1C2(c1ccccc1)c1ccccc1. The zero-order chi connectivity index (χ0) is 22.3. The van der Waals surface area contributed by atoms with Gasteiger partial charge in [0.2, 0.25) is 0 Å². The molecule has 1 nitrogen and oxygen atoms in total. The molecule has 0 fully saturated rings. The van der Waals surface area contributed by atoms with E-state index >= 15 is 0 Å². The van der Waals surface area contributed by atoms with E-state index < -0.39 is 5.41 Å². The smallest absolute Gasteiger partial charge is 0.0742 e. The van der Waals surface area contributed by atoms with Gasteiger partial charge in [-0.1, -0.05) is 119 Å². The number of halogens is 1. The molecule has 0 amide bonds. The number of para-hydroxylation sites is 2. The predicted octanol–water partition coefficient (Wildman–Crippen LogP) is 8.62. The van der Waals surface area contributed by atoms with Crippen LogP contribution in [0.4, 0.5) is 17.1 Å². The molecule has 1 aliphatic rings. The molecule has 0 unspecified atom stereocenters. The highest BCUT2D eigenvalue weighted by molar-refractivity contribution is 9.10. The molecule has 0 aliphatic carbocycles. The van der Waals surface area contributed by atoms with Gasteiger partial charge < -0.3 is 4.90 Å². The second-order valence-corrected chi connectivity index (χ2v) is 9.25. The summed E-state index contributed by atoms with van der Waals surface area (Å²) in [5, 5.41) is 0. The minimum Gasteiger partial charge on any atom is -0.310 e. The molecule has 0 N–H and O–H groups in total. The molecule has 0 radical (unpaired) electrons. The largest absolute Gasteiger partial charge is 0.310 e. The van der Waals surface area contributed by atoms with Crippen molar-refractivity contribution < 1.29 is 0 Å². The topological polar surface area (TPSA) is 3.24 Å². The van der Waals surface area contributed by atoms with E-state index in [1.165, 1.54) is 33.6 Å². The monoisotopic (exact) mass is 487 g/mol. The summed E-state index contributed by atoms with van der Waals surface area (Å²) in [6.07, 6.45) is 0. The molecule has 0 aromatic heterocycles. The van der Waals surface area contributed by atoms with Crippen LogP contribution in [0.25, 0.3) is 0 Å². The molecule has 1 heterocycles. The zero-order valence-electron chi connectivity index (χ0n) is 18.0. The fraction of sp³-hybridized carbons (Fsp3) is 0.0323. The molecule has 0 atom stereocenters. The van der Waals surface area contributed by atoms with E-state index in [1.54, 1.807) is 0 Å². The molecule has 5 aromatic rings. The van der Waals surface area contributed by atoms with Crippen molar-refractivity contribution in [2.45, 2.75) is 5.41 Å². The average Bonchev–Trinajstić information content (AvgIpc) is 2.89. The summed E-state index contributed by atoms with van der Waals surface area (Å²) in [5.41, 5.74) is 8.18. The first-order valence-corrected chi connectivity index (χ1v) is 12.0. The van der Waals surface area contributed by atoms with E-state index in [9.17, 15) is 0 Å². The third-order valence-corrected chi connectivity index (χ3v) is 7.07. The van der Waals surface area contributed by atoms with Crippen molar-refractivity contribution in [3.8, 4) is 0 Å². The van der Waals surface area contributed by atoms with Crippen LogP contribution in [-0.4, -0.2) is 0 Å². The molecule has 2 heteroatoms. The summed E-state index contributed by atoms with van der Waals surface area (Å²) in [7, 11) is 0. The van der Waals surface area contributed by atoms with E-state index in [-0.39, 0.29) is 0 Å². The molecule has 0 bridgehead atoms. The number of nitrogens with zero attached hydrogens (tertiary/aromatic N) is 1. The minimum absolute atomic E-state index is 0.430. The highest BCUT2D eigenvalue weighted by Crippen LogP contribution is 2.57. The van der Waals surface area contributed by atoms with Gasteiger partial charge in [-0.3, -0.25) is 0 Å². The van der Waals surface area contributed by atoms with Gasteiger partial charge in [0.15, 0.2) is 0 Å². The highest BCUT2D eigenvalue weighted by Gasteiger charge is 2.46. The maximum absolute atomic E-state index is 3.75. The van der Waals surface area contributed by atoms with Gasteiger partial charge in [0.25, 0.3) is 0 Å². The standard InChI is InChI=1S/C31H22BrN/c32-25-20-21-28-30(22-25)33(26-16-8-3-9-17-26)29-19-11-10-18-27(29)31(28,23-12-4-1-5-13-23)24-14-6-2-7-15-24/h1-22H. The van der Waals surface area contributed by atoms with Crippen LogP contribution >= 0.6 is 15.9 Å². The third kappa shape index (κ3) is 3.06. The Morgan fingerprint density at radius 3 is 1.64 bits per heavy atom. The van der Waals surface area contributed by atoms with Crippen LogP contribution < -0.4 is 4.90 Å².